The van der Waals surface area contributed by atoms with Crippen molar-refractivity contribution in [1.82, 2.24) is 20.1 Å². The van der Waals surface area contributed by atoms with E-state index in [4.69, 9.17) is 0 Å². The molecule has 5 heteroatoms. The summed E-state index contributed by atoms with van der Waals surface area (Å²) < 4.78 is 2.13. The number of piperazine rings is 1. The number of aromatic nitrogens is 3. The van der Waals surface area contributed by atoms with Crippen LogP contribution in [0.3, 0.4) is 0 Å². The number of rotatable bonds is 1. The highest BCUT2D eigenvalue weighted by molar-refractivity contribution is 5.34. The summed E-state index contributed by atoms with van der Waals surface area (Å²) in [6, 6.07) is 0.472. The summed E-state index contributed by atoms with van der Waals surface area (Å²) in [7, 11) is 2.06. The molecule has 0 amide bonds. The van der Waals surface area contributed by atoms with Crippen LogP contribution in [0.2, 0.25) is 0 Å². The summed E-state index contributed by atoms with van der Waals surface area (Å²) in [6.45, 7) is 11.8. The van der Waals surface area contributed by atoms with E-state index in [1.807, 2.05) is 0 Å². The third-order valence-electron chi connectivity index (χ3n) is 3.28. The lowest BCUT2D eigenvalue weighted by Crippen LogP contribution is -2.50. The van der Waals surface area contributed by atoms with E-state index < -0.39 is 0 Å². The molecule has 0 saturated carbocycles. The Hall–Kier alpha value is -1.10. The van der Waals surface area contributed by atoms with E-state index in [1.165, 1.54) is 0 Å². The van der Waals surface area contributed by atoms with Crippen molar-refractivity contribution in [1.29, 1.82) is 0 Å². The van der Waals surface area contributed by atoms with E-state index in [2.05, 4.69) is 59.7 Å². The highest BCUT2D eigenvalue weighted by Crippen LogP contribution is 2.24. The molecule has 2 rings (SSSR count). The maximum absolute atomic E-state index is 4.37. The van der Waals surface area contributed by atoms with Gasteiger partial charge in [-0.25, -0.2) is 0 Å². The zero-order chi connectivity index (χ0) is 12.6. The average molecular weight is 237 g/mol. The molecule has 1 atom stereocenters. The zero-order valence-corrected chi connectivity index (χ0v) is 11.5. The van der Waals surface area contributed by atoms with Gasteiger partial charge < -0.3 is 10.2 Å². The fraction of sp³-hybridized carbons (Fsp3) is 0.833. The zero-order valence-electron chi connectivity index (χ0n) is 11.5. The maximum atomic E-state index is 4.37. The molecule has 96 valence electrons. The van der Waals surface area contributed by atoms with Crippen molar-refractivity contribution < 1.29 is 0 Å². The highest BCUT2D eigenvalue weighted by Gasteiger charge is 2.27. The van der Waals surface area contributed by atoms with Crippen molar-refractivity contribution in [3.05, 3.63) is 5.82 Å². The molecule has 1 fully saturated rings. The van der Waals surface area contributed by atoms with Crippen LogP contribution in [-0.4, -0.2) is 40.4 Å². The molecular formula is C12H23N5. The van der Waals surface area contributed by atoms with Crippen molar-refractivity contribution in [2.45, 2.75) is 39.2 Å². The normalized spacial score (nSPS) is 21.9. The van der Waals surface area contributed by atoms with Crippen LogP contribution in [0.5, 0.6) is 0 Å². The van der Waals surface area contributed by atoms with Gasteiger partial charge in [0.2, 0.25) is 5.95 Å². The second-order valence-corrected chi connectivity index (χ2v) is 5.88. The molecule has 1 aliphatic heterocycles. The Balaban J connectivity index is 2.30. The van der Waals surface area contributed by atoms with Gasteiger partial charge in [0, 0.05) is 38.1 Å². The lowest BCUT2D eigenvalue weighted by Gasteiger charge is -2.34. The maximum Gasteiger partial charge on any atom is 0.227 e. The summed E-state index contributed by atoms with van der Waals surface area (Å²) in [5.74, 6) is 2.03. The first kappa shape index (κ1) is 12.4. The van der Waals surface area contributed by atoms with E-state index in [0.717, 1.165) is 31.4 Å². The van der Waals surface area contributed by atoms with Gasteiger partial charge in [0.1, 0.15) is 5.82 Å². The molecule has 2 heterocycles. The smallest absolute Gasteiger partial charge is 0.227 e. The Kier molecular flexibility index (Phi) is 3.12. The van der Waals surface area contributed by atoms with Crippen molar-refractivity contribution in [2.75, 3.05) is 24.5 Å². The van der Waals surface area contributed by atoms with Crippen molar-refractivity contribution in [3.8, 4) is 0 Å². The minimum Gasteiger partial charge on any atom is -0.336 e. The van der Waals surface area contributed by atoms with Crippen molar-refractivity contribution in [3.63, 3.8) is 0 Å². The first-order valence-corrected chi connectivity index (χ1v) is 6.28. The Labute approximate surface area is 103 Å². The van der Waals surface area contributed by atoms with Crippen LogP contribution >= 0.6 is 0 Å². The minimum atomic E-state index is 0.0390. The first-order valence-electron chi connectivity index (χ1n) is 6.28. The minimum absolute atomic E-state index is 0.0390. The van der Waals surface area contributed by atoms with Gasteiger partial charge >= 0.3 is 0 Å². The van der Waals surface area contributed by atoms with Crippen molar-refractivity contribution >= 4 is 5.95 Å². The van der Waals surface area contributed by atoms with Crippen LogP contribution in [0.1, 0.15) is 33.5 Å². The van der Waals surface area contributed by atoms with Gasteiger partial charge in [-0.2, -0.15) is 0 Å². The second kappa shape index (κ2) is 4.29. The summed E-state index contributed by atoms with van der Waals surface area (Å²) in [5.41, 5.74) is 0.0390. The lowest BCUT2D eigenvalue weighted by atomic mass is 9.96. The molecule has 1 N–H and O–H groups in total. The monoisotopic (exact) mass is 237 g/mol. The molecule has 0 bridgehead atoms. The van der Waals surface area contributed by atoms with Gasteiger partial charge in [0.25, 0.3) is 0 Å². The van der Waals surface area contributed by atoms with E-state index in [-0.39, 0.29) is 5.41 Å². The van der Waals surface area contributed by atoms with Gasteiger partial charge in [-0.3, -0.25) is 4.57 Å². The highest BCUT2D eigenvalue weighted by atomic mass is 15.4. The number of nitrogens with one attached hydrogen (secondary N) is 1. The third kappa shape index (κ3) is 2.29. The number of hydrogen-bond donors (Lipinski definition) is 1. The average Bonchev–Trinajstić information content (AvgIpc) is 2.60. The fourth-order valence-electron chi connectivity index (χ4n) is 2.36. The Morgan fingerprint density at radius 1 is 1.29 bits per heavy atom. The summed E-state index contributed by atoms with van der Waals surface area (Å²) >= 11 is 0. The van der Waals surface area contributed by atoms with Gasteiger partial charge in [0.05, 0.1) is 0 Å². The Bertz CT molecular complexity index is 390. The van der Waals surface area contributed by atoms with Crippen LogP contribution in [0.15, 0.2) is 0 Å². The van der Waals surface area contributed by atoms with E-state index in [0.29, 0.717) is 6.04 Å². The quantitative estimate of drug-likeness (QED) is 0.788. The molecule has 0 radical (unpaired) electrons. The van der Waals surface area contributed by atoms with Crippen LogP contribution in [-0.2, 0) is 12.5 Å². The molecule has 0 aliphatic carbocycles. The van der Waals surface area contributed by atoms with Crippen molar-refractivity contribution in [2.24, 2.45) is 7.05 Å². The van der Waals surface area contributed by atoms with Gasteiger partial charge in [-0.15, -0.1) is 10.2 Å². The van der Waals surface area contributed by atoms with E-state index in [1.54, 1.807) is 0 Å². The molecule has 17 heavy (non-hydrogen) atoms. The Morgan fingerprint density at radius 2 is 2.00 bits per heavy atom. The van der Waals surface area contributed by atoms with Gasteiger partial charge in [0.15, 0.2) is 0 Å². The molecule has 5 nitrogen and oxygen atoms in total. The predicted octanol–water partition coefficient (Wildman–Crippen LogP) is 0.911. The molecule has 1 saturated heterocycles. The van der Waals surface area contributed by atoms with Crippen LogP contribution in [0.4, 0.5) is 5.95 Å². The summed E-state index contributed by atoms with van der Waals surface area (Å²) in [4.78, 5) is 2.33. The SMILES string of the molecule is CC1CNCCN1c1nnc(C(C)(C)C)n1C. The Morgan fingerprint density at radius 3 is 2.53 bits per heavy atom. The first-order chi connectivity index (χ1) is 7.91. The topological polar surface area (TPSA) is 46.0 Å². The van der Waals surface area contributed by atoms with Gasteiger partial charge in [-0.05, 0) is 6.92 Å². The lowest BCUT2D eigenvalue weighted by molar-refractivity contribution is 0.481. The second-order valence-electron chi connectivity index (χ2n) is 5.88. The standard InChI is InChI=1S/C12H23N5/c1-9-8-13-6-7-17(9)11-15-14-10(16(11)5)12(2,3)4/h9,13H,6-8H2,1-5H3. The molecule has 0 aromatic carbocycles. The van der Waals surface area contributed by atoms with Crippen LogP contribution in [0.25, 0.3) is 0 Å². The van der Waals surface area contributed by atoms with Crippen LogP contribution < -0.4 is 10.2 Å². The fourth-order valence-corrected chi connectivity index (χ4v) is 2.36. The molecular weight excluding hydrogens is 214 g/mol. The number of hydrogen-bond acceptors (Lipinski definition) is 4. The molecule has 1 aromatic heterocycles. The van der Waals surface area contributed by atoms with Gasteiger partial charge in [-0.1, -0.05) is 20.8 Å². The van der Waals surface area contributed by atoms with Crippen LogP contribution in [0, 0.1) is 0 Å². The molecule has 1 aromatic rings. The molecule has 1 aliphatic rings. The van der Waals surface area contributed by atoms with E-state index in [9.17, 15) is 0 Å². The predicted molar refractivity (Wildman–Crippen MR) is 69.4 cm³/mol. The molecule has 0 spiro atoms. The molecule has 1 unspecified atom stereocenters. The third-order valence-corrected chi connectivity index (χ3v) is 3.28. The summed E-state index contributed by atoms with van der Waals surface area (Å²) in [6.07, 6.45) is 0. The van der Waals surface area contributed by atoms with E-state index >= 15 is 0 Å². The largest absolute Gasteiger partial charge is 0.336 e. The summed E-state index contributed by atoms with van der Waals surface area (Å²) in [5, 5.41) is 12.1. The number of anilines is 1. The number of nitrogens with zero attached hydrogens (tertiary/aromatic N) is 4.